The van der Waals surface area contributed by atoms with Gasteiger partial charge in [0.05, 0.1) is 5.56 Å². The number of amides is 1. The Bertz CT molecular complexity index is 697. The molecular formula is C20H24N2O2. The first-order valence-corrected chi connectivity index (χ1v) is 8.63. The van der Waals surface area contributed by atoms with Crippen LogP contribution in [0.2, 0.25) is 0 Å². The molecule has 1 unspecified atom stereocenters. The van der Waals surface area contributed by atoms with E-state index in [0.717, 1.165) is 43.4 Å². The average Bonchev–Trinajstić information content (AvgIpc) is 3.08. The maximum Gasteiger partial charge on any atom is 0.255 e. The lowest BCUT2D eigenvalue weighted by Crippen LogP contribution is -2.35. The highest BCUT2D eigenvalue weighted by Crippen LogP contribution is 2.25. The highest BCUT2D eigenvalue weighted by molar-refractivity contribution is 5.95. The van der Waals surface area contributed by atoms with Gasteiger partial charge in [0.1, 0.15) is 0 Å². The number of pyridine rings is 1. The first-order chi connectivity index (χ1) is 11.7. The zero-order valence-corrected chi connectivity index (χ0v) is 14.1. The molecule has 1 fully saturated rings. The Morgan fingerprint density at radius 1 is 1.25 bits per heavy atom. The molecule has 1 aliphatic heterocycles. The first kappa shape index (κ1) is 16.7. The molecule has 2 aromatic rings. The van der Waals surface area contributed by atoms with E-state index in [4.69, 9.17) is 5.11 Å². The molecule has 0 aliphatic carbocycles. The van der Waals surface area contributed by atoms with Crippen LogP contribution in [-0.2, 0) is 0 Å². The summed E-state index contributed by atoms with van der Waals surface area (Å²) in [5.74, 6) is 0.0527. The van der Waals surface area contributed by atoms with Crippen LogP contribution in [0.1, 0.15) is 41.6 Å². The molecule has 0 bridgehead atoms. The summed E-state index contributed by atoms with van der Waals surface area (Å²) >= 11 is 0. The quantitative estimate of drug-likeness (QED) is 0.916. The third kappa shape index (κ3) is 3.65. The number of nitrogens with zero attached hydrogens (tertiary/aromatic N) is 2. The smallest absolute Gasteiger partial charge is 0.255 e. The van der Waals surface area contributed by atoms with Gasteiger partial charge in [0.2, 0.25) is 0 Å². The van der Waals surface area contributed by atoms with E-state index < -0.39 is 0 Å². The molecule has 4 nitrogen and oxygen atoms in total. The van der Waals surface area contributed by atoms with Gasteiger partial charge in [0.15, 0.2) is 0 Å². The second-order valence-electron chi connectivity index (χ2n) is 6.49. The van der Waals surface area contributed by atoms with E-state index in [1.54, 1.807) is 12.4 Å². The topological polar surface area (TPSA) is 53.4 Å². The number of rotatable bonds is 5. The van der Waals surface area contributed by atoms with Crippen LogP contribution in [0, 0.1) is 6.92 Å². The predicted molar refractivity (Wildman–Crippen MR) is 94.8 cm³/mol. The summed E-state index contributed by atoms with van der Waals surface area (Å²) in [6.07, 6.45) is 7.13. The normalized spacial score (nSPS) is 17.2. The van der Waals surface area contributed by atoms with E-state index >= 15 is 0 Å². The van der Waals surface area contributed by atoms with Crippen LogP contribution in [0.5, 0.6) is 0 Å². The van der Waals surface area contributed by atoms with Gasteiger partial charge in [-0.2, -0.15) is 0 Å². The van der Waals surface area contributed by atoms with Crippen molar-refractivity contribution < 1.29 is 9.90 Å². The van der Waals surface area contributed by atoms with Gasteiger partial charge >= 0.3 is 0 Å². The summed E-state index contributed by atoms with van der Waals surface area (Å²) in [5, 5.41) is 9.04. The maximum absolute atomic E-state index is 12.9. The van der Waals surface area contributed by atoms with Crippen molar-refractivity contribution in [3.63, 3.8) is 0 Å². The molecule has 1 aromatic carbocycles. The molecule has 0 spiro atoms. The lowest BCUT2D eigenvalue weighted by molar-refractivity contribution is 0.0724. The van der Waals surface area contributed by atoms with Crippen molar-refractivity contribution in [2.24, 2.45) is 0 Å². The van der Waals surface area contributed by atoms with Crippen LogP contribution in [0.25, 0.3) is 11.1 Å². The van der Waals surface area contributed by atoms with Gasteiger partial charge in [0, 0.05) is 37.2 Å². The number of aliphatic hydroxyl groups excluding tert-OH is 1. The monoisotopic (exact) mass is 324 g/mol. The van der Waals surface area contributed by atoms with Crippen molar-refractivity contribution in [1.29, 1.82) is 0 Å². The Labute approximate surface area is 143 Å². The summed E-state index contributed by atoms with van der Waals surface area (Å²) in [4.78, 5) is 19.1. The molecule has 126 valence electrons. The minimum atomic E-state index is 0.0527. The van der Waals surface area contributed by atoms with E-state index in [2.05, 4.69) is 36.2 Å². The number of hydrogen-bond acceptors (Lipinski definition) is 3. The number of benzene rings is 1. The lowest BCUT2D eigenvalue weighted by atomic mass is 10.0. The summed E-state index contributed by atoms with van der Waals surface area (Å²) in [6.45, 7) is 3.04. The van der Waals surface area contributed by atoms with E-state index in [0.29, 0.717) is 5.56 Å². The Morgan fingerprint density at radius 3 is 2.79 bits per heavy atom. The van der Waals surface area contributed by atoms with Crippen molar-refractivity contribution in [2.75, 3.05) is 13.2 Å². The Hall–Kier alpha value is -2.20. The molecule has 1 aliphatic rings. The molecule has 0 saturated carbocycles. The van der Waals surface area contributed by atoms with Crippen LogP contribution < -0.4 is 0 Å². The largest absolute Gasteiger partial charge is 0.396 e. The number of aliphatic hydroxyl groups is 1. The lowest BCUT2D eigenvalue weighted by Gasteiger charge is -2.24. The van der Waals surface area contributed by atoms with Gasteiger partial charge in [-0.15, -0.1) is 0 Å². The van der Waals surface area contributed by atoms with Crippen LogP contribution in [0.15, 0.2) is 42.7 Å². The number of hydrogen-bond donors (Lipinski definition) is 1. The van der Waals surface area contributed by atoms with E-state index in [9.17, 15) is 4.79 Å². The summed E-state index contributed by atoms with van der Waals surface area (Å²) < 4.78 is 0. The molecule has 24 heavy (non-hydrogen) atoms. The Kier molecular flexibility index (Phi) is 5.26. The van der Waals surface area contributed by atoms with Crippen molar-refractivity contribution in [1.82, 2.24) is 9.88 Å². The van der Waals surface area contributed by atoms with Gasteiger partial charge < -0.3 is 10.0 Å². The first-order valence-electron chi connectivity index (χ1n) is 8.63. The molecule has 1 aromatic heterocycles. The molecule has 1 amide bonds. The molecule has 0 radical (unpaired) electrons. The summed E-state index contributed by atoms with van der Waals surface area (Å²) in [5.41, 5.74) is 3.89. The SMILES string of the molecule is Cc1ccc(-c2cncc(C(=O)N3CCCC3CCCO)c2)cc1. The van der Waals surface area contributed by atoms with Gasteiger partial charge in [-0.3, -0.25) is 9.78 Å². The molecule has 2 heterocycles. The van der Waals surface area contributed by atoms with Crippen LogP contribution in [-0.4, -0.2) is 40.1 Å². The standard InChI is InChI=1S/C20H24N2O2/c1-15-6-8-16(9-7-15)17-12-18(14-21-13-17)20(24)22-10-2-4-19(22)5-3-11-23/h6-9,12-14,19,23H,2-5,10-11H2,1H3. The van der Waals surface area contributed by atoms with Gasteiger partial charge in [-0.25, -0.2) is 0 Å². The third-order valence-corrected chi connectivity index (χ3v) is 4.70. The van der Waals surface area contributed by atoms with E-state index in [1.807, 2.05) is 11.0 Å². The highest BCUT2D eigenvalue weighted by Gasteiger charge is 2.29. The van der Waals surface area contributed by atoms with Crippen LogP contribution in [0.3, 0.4) is 0 Å². The fourth-order valence-electron chi connectivity index (χ4n) is 3.36. The Balaban J connectivity index is 1.80. The number of carbonyl (C=O) groups excluding carboxylic acids is 1. The third-order valence-electron chi connectivity index (χ3n) is 4.70. The van der Waals surface area contributed by atoms with Gasteiger partial charge in [-0.05, 0) is 44.2 Å². The zero-order chi connectivity index (χ0) is 16.9. The second-order valence-corrected chi connectivity index (χ2v) is 6.49. The summed E-state index contributed by atoms with van der Waals surface area (Å²) in [6, 6.07) is 10.4. The van der Waals surface area contributed by atoms with E-state index in [1.165, 1.54) is 5.56 Å². The van der Waals surface area contributed by atoms with E-state index in [-0.39, 0.29) is 18.6 Å². The fraction of sp³-hybridized carbons (Fsp3) is 0.400. The molecule has 3 rings (SSSR count). The summed E-state index contributed by atoms with van der Waals surface area (Å²) in [7, 11) is 0. The average molecular weight is 324 g/mol. The van der Waals surface area contributed by atoms with Crippen LogP contribution in [0.4, 0.5) is 0 Å². The molecule has 1 saturated heterocycles. The number of carbonyl (C=O) groups is 1. The Morgan fingerprint density at radius 2 is 2.04 bits per heavy atom. The van der Waals surface area contributed by atoms with Crippen LogP contribution >= 0.6 is 0 Å². The number of aryl methyl sites for hydroxylation is 1. The second kappa shape index (κ2) is 7.58. The fourth-order valence-corrected chi connectivity index (χ4v) is 3.36. The number of aromatic nitrogens is 1. The van der Waals surface area contributed by atoms with Gasteiger partial charge in [0.25, 0.3) is 5.91 Å². The van der Waals surface area contributed by atoms with Crippen molar-refractivity contribution >= 4 is 5.91 Å². The molecular weight excluding hydrogens is 300 g/mol. The minimum absolute atomic E-state index is 0.0527. The molecule has 4 heteroatoms. The minimum Gasteiger partial charge on any atom is -0.396 e. The van der Waals surface area contributed by atoms with Crippen molar-refractivity contribution in [3.8, 4) is 11.1 Å². The highest BCUT2D eigenvalue weighted by atomic mass is 16.3. The maximum atomic E-state index is 12.9. The molecule has 1 N–H and O–H groups in total. The molecule has 1 atom stereocenters. The number of likely N-dealkylation sites (tertiary alicyclic amines) is 1. The van der Waals surface area contributed by atoms with Crippen molar-refractivity contribution in [2.45, 2.75) is 38.6 Å². The van der Waals surface area contributed by atoms with Crippen molar-refractivity contribution in [3.05, 3.63) is 53.9 Å². The zero-order valence-electron chi connectivity index (χ0n) is 14.1. The predicted octanol–water partition coefficient (Wildman–Crippen LogP) is 3.43. The van der Waals surface area contributed by atoms with Gasteiger partial charge in [-0.1, -0.05) is 29.8 Å².